The first-order chi connectivity index (χ1) is 8.66. The van der Waals surface area contributed by atoms with Crippen LogP contribution in [0.4, 0.5) is 5.69 Å². The van der Waals surface area contributed by atoms with Gasteiger partial charge in [0, 0.05) is 23.2 Å². The summed E-state index contributed by atoms with van der Waals surface area (Å²) in [5.41, 5.74) is 7.56. The maximum Gasteiger partial charge on any atom is 0.248 e. The molecule has 18 heavy (non-hydrogen) atoms. The number of hydrogen-bond donors (Lipinski definition) is 2. The topological polar surface area (TPSA) is 87.9 Å². The number of aromatic amines is 1. The fourth-order valence-corrected chi connectivity index (χ4v) is 2.68. The van der Waals surface area contributed by atoms with Crippen molar-refractivity contribution in [1.82, 2.24) is 15.2 Å². The van der Waals surface area contributed by atoms with E-state index < -0.39 is 6.04 Å². The first kappa shape index (κ1) is 11.2. The Bertz CT molecular complexity index is 597. The molecule has 0 aliphatic carbocycles. The molecule has 1 aromatic heterocycles. The molecule has 0 radical (unpaired) electrons. The third kappa shape index (κ3) is 1.68. The SMILES string of the molecule is CN1C(=O)C(N)c2ccc(Sc3ncn[nH]3)cc21. The molecule has 1 aliphatic rings. The first-order valence-electron chi connectivity index (χ1n) is 5.37. The van der Waals surface area contributed by atoms with Gasteiger partial charge in [0.1, 0.15) is 12.4 Å². The third-order valence-corrected chi connectivity index (χ3v) is 3.78. The molecule has 7 heteroatoms. The first-order valence-corrected chi connectivity index (χ1v) is 6.19. The van der Waals surface area contributed by atoms with Crippen molar-refractivity contribution < 1.29 is 4.79 Å². The Labute approximate surface area is 108 Å². The van der Waals surface area contributed by atoms with Crippen molar-refractivity contribution in [3.05, 3.63) is 30.1 Å². The molecule has 3 N–H and O–H groups in total. The number of fused-ring (bicyclic) bond motifs is 1. The normalized spacial score (nSPS) is 18.2. The van der Waals surface area contributed by atoms with Crippen LogP contribution in [0, 0.1) is 0 Å². The van der Waals surface area contributed by atoms with Gasteiger partial charge in [-0.25, -0.2) is 4.98 Å². The zero-order valence-corrected chi connectivity index (χ0v) is 10.4. The smallest absolute Gasteiger partial charge is 0.248 e. The predicted octanol–water partition coefficient (Wildman–Crippen LogP) is 0.932. The summed E-state index contributed by atoms with van der Waals surface area (Å²) in [5, 5.41) is 7.28. The van der Waals surface area contributed by atoms with E-state index in [1.54, 1.807) is 11.9 Å². The monoisotopic (exact) mass is 261 g/mol. The Morgan fingerprint density at radius 2 is 2.33 bits per heavy atom. The number of benzene rings is 1. The van der Waals surface area contributed by atoms with Gasteiger partial charge in [0.05, 0.1) is 0 Å². The van der Waals surface area contributed by atoms with E-state index in [9.17, 15) is 4.79 Å². The standard InChI is InChI=1S/C11H11N5OS/c1-16-8-4-6(18-11-13-5-14-15-11)2-3-7(8)9(12)10(16)17/h2-5,9H,12H2,1H3,(H,13,14,15). The lowest BCUT2D eigenvalue weighted by Gasteiger charge is -2.10. The number of H-pyrrole nitrogens is 1. The summed E-state index contributed by atoms with van der Waals surface area (Å²) in [6.45, 7) is 0. The lowest BCUT2D eigenvalue weighted by atomic mass is 10.1. The summed E-state index contributed by atoms with van der Waals surface area (Å²) in [7, 11) is 1.73. The van der Waals surface area contributed by atoms with E-state index in [0.29, 0.717) is 5.16 Å². The number of nitrogens with zero attached hydrogens (tertiary/aromatic N) is 3. The van der Waals surface area contributed by atoms with E-state index in [1.807, 2.05) is 18.2 Å². The molecule has 0 bridgehead atoms. The highest BCUT2D eigenvalue weighted by Crippen LogP contribution is 2.37. The lowest BCUT2D eigenvalue weighted by molar-refractivity contribution is -0.118. The number of hydrogen-bond acceptors (Lipinski definition) is 5. The van der Waals surface area contributed by atoms with Gasteiger partial charge in [0.15, 0.2) is 5.16 Å². The van der Waals surface area contributed by atoms with Crippen molar-refractivity contribution in [2.75, 3.05) is 11.9 Å². The van der Waals surface area contributed by atoms with Gasteiger partial charge in [-0.3, -0.25) is 9.89 Å². The van der Waals surface area contributed by atoms with Crippen LogP contribution in [0.2, 0.25) is 0 Å². The van der Waals surface area contributed by atoms with Gasteiger partial charge in [-0.2, -0.15) is 5.10 Å². The molecular formula is C11H11N5OS. The molecule has 3 rings (SSSR count). The Balaban J connectivity index is 1.95. The van der Waals surface area contributed by atoms with Crippen molar-refractivity contribution in [2.24, 2.45) is 5.73 Å². The summed E-state index contributed by atoms with van der Waals surface area (Å²) in [6.07, 6.45) is 1.46. The second-order valence-corrected chi connectivity index (χ2v) is 5.05. The van der Waals surface area contributed by atoms with E-state index in [4.69, 9.17) is 5.73 Å². The molecule has 0 spiro atoms. The minimum atomic E-state index is -0.547. The van der Waals surface area contributed by atoms with E-state index in [2.05, 4.69) is 15.2 Å². The van der Waals surface area contributed by atoms with E-state index >= 15 is 0 Å². The summed E-state index contributed by atoms with van der Waals surface area (Å²) < 4.78 is 0. The Morgan fingerprint density at radius 1 is 1.50 bits per heavy atom. The molecule has 1 aromatic carbocycles. The average molecular weight is 261 g/mol. The number of amides is 1. The van der Waals surface area contributed by atoms with Gasteiger partial charge in [-0.15, -0.1) is 0 Å². The number of likely N-dealkylation sites (N-methyl/N-ethyl adjacent to an activating group) is 1. The van der Waals surface area contributed by atoms with E-state index in [0.717, 1.165) is 16.1 Å². The molecule has 2 heterocycles. The van der Waals surface area contributed by atoms with Crippen LogP contribution in [-0.4, -0.2) is 28.1 Å². The molecular weight excluding hydrogens is 250 g/mol. The van der Waals surface area contributed by atoms with Crippen LogP contribution >= 0.6 is 11.8 Å². The number of anilines is 1. The van der Waals surface area contributed by atoms with Crippen molar-refractivity contribution >= 4 is 23.4 Å². The predicted molar refractivity (Wildman–Crippen MR) is 67.3 cm³/mol. The lowest BCUT2D eigenvalue weighted by Crippen LogP contribution is -2.27. The zero-order chi connectivity index (χ0) is 12.7. The molecule has 6 nitrogen and oxygen atoms in total. The van der Waals surface area contributed by atoms with E-state index in [1.165, 1.54) is 18.1 Å². The van der Waals surface area contributed by atoms with E-state index in [-0.39, 0.29) is 5.91 Å². The number of aromatic nitrogens is 3. The number of carbonyl (C=O) groups is 1. The molecule has 1 unspecified atom stereocenters. The van der Waals surface area contributed by atoms with Gasteiger partial charge >= 0.3 is 0 Å². The minimum Gasteiger partial charge on any atom is -0.316 e. The fourth-order valence-electron chi connectivity index (χ4n) is 1.96. The Hall–Kier alpha value is -1.86. The zero-order valence-electron chi connectivity index (χ0n) is 9.62. The number of nitrogens with two attached hydrogens (primary N) is 1. The van der Waals surface area contributed by atoms with Crippen LogP contribution in [0.1, 0.15) is 11.6 Å². The van der Waals surface area contributed by atoms with Crippen LogP contribution in [0.3, 0.4) is 0 Å². The Kier molecular flexibility index (Phi) is 2.57. The quantitative estimate of drug-likeness (QED) is 0.839. The Morgan fingerprint density at radius 3 is 3.06 bits per heavy atom. The van der Waals surface area contributed by atoms with Gasteiger partial charge in [0.25, 0.3) is 0 Å². The molecule has 92 valence electrons. The number of rotatable bonds is 2. The van der Waals surface area contributed by atoms with Crippen LogP contribution in [0.5, 0.6) is 0 Å². The van der Waals surface area contributed by atoms with Crippen LogP contribution in [-0.2, 0) is 4.79 Å². The summed E-state index contributed by atoms with van der Waals surface area (Å²) >= 11 is 1.46. The minimum absolute atomic E-state index is 0.0770. The fraction of sp³-hybridized carbons (Fsp3) is 0.182. The second kappa shape index (κ2) is 4.11. The molecule has 0 saturated heterocycles. The summed E-state index contributed by atoms with van der Waals surface area (Å²) in [4.78, 5) is 18.4. The number of carbonyl (C=O) groups excluding carboxylic acids is 1. The average Bonchev–Trinajstić information content (AvgIpc) is 2.95. The maximum absolute atomic E-state index is 11.8. The molecule has 0 saturated carbocycles. The summed E-state index contributed by atoms with van der Waals surface area (Å²) in [6, 6.07) is 5.21. The van der Waals surface area contributed by atoms with Crippen LogP contribution in [0.25, 0.3) is 0 Å². The maximum atomic E-state index is 11.8. The van der Waals surface area contributed by atoms with Crippen LogP contribution < -0.4 is 10.6 Å². The molecule has 1 atom stereocenters. The highest BCUT2D eigenvalue weighted by Gasteiger charge is 2.32. The molecule has 0 fully saturated rings. The van der Waals surface area contributed by atoms with Crippen LogP contribution in [0.15, 0.2) is 34.6 Å². The van der Waals surface area contributed by atoms with Gasteiger partial charge in [0.2, 0.25) is 5.91 Å². The molecule has 2 aromatic rings. The van der Waals surface area contributed by atoms with Gasteiger partial charge in [-0.05, 0) is 12.1 Å². The highest BCUT2D eigenvalue weighted by atomic mass is 32.2. The third-order valence-electron chi connectivity index (χ3n) is 2.90. The second-order valence-electron chi connectivity index (χ2n) is 3.99. The molecule has 1 amide bonds. The van der Waals surface area contributed by atoms with Crippen molar-refractivity contribution in [1.29, 1.82) is 0 Å². The summed E-state index contributed by atoms with van der Waals surface area (Å²) in [5.74, 6) is -0.0770. The van der Waals surface area contributed by atoms with Crippen molar-refractivity contribution in [3.63, 3.8) is 0 Å². The van der Waals surface area contributed by atoms with Crippen molar-refractivity contribution in [3.8, 4) is 0 Å². The number of nitrogens with one attached hydrogen (secondary N) is 1. The largest absolute Gasteiger partial charge is 0.316 e. The molecule has 1 aliphatic heterocycles. The van der Waals surface area contributed by atoms with Gasteiger partial charge < -0.3 is 10.6 Å². The van der Waals surface area contributed by atoms with Gasteiger partial charge in [-0.1, -0.05) is 17.8 Å². The van der Waals surface area contributed by atoms with Crippen molar-refractivity contribution in [2.45, 2.75) is 16.1 Å². The highest BCUT2D eigenvalue weighted by molar-refractivity contribution is 7.99.